The molecule has 0 spiro atoms. The van der Waals surface area contributed by atoms with Gasteiger partial charge in [-0.15, -0.1) is 0 Å². The molecule has 3 aliphatic heterocycles. The summed E-state index contributed by atoms with van der Waals surface area (Å²) in [5.41, 5.74) is 1.80. The lowest BCUT2D eigenvalue weighted by Crippen LogP contribution is -2.57. The van der Waals surface area contributed by atoms with Gasteiger partial charge in [0.15, 0.2) is 5.82 Å². The fraction of sp³-hybridized carbons (Fsp3) is 0.556. The molecule has 1 unspecified atom stereocenters. The molecule has 188 valence electrons. The number of hydrogen-bond acceptors (Lipinski definition) is 6. The molecule has 35 heavy (non-hydrogen) atoms. The molecular formula is C27H36FN5O2. The summed E-state index contributed by atoms with van der Waals surface area (Å²) in [6.07, 6.45) is 3.67. The van der Waals surface area contributed by atoms with E-state index in [0.717, 1.165) is 75.7 Å². The highest BCUT2D eigenvalue weighted by Gasteiger charge is 2.39. The first kappa shape index (κ1) is 23.9. The van der Waals surface area contributed by atoms with Crippen molar-refractivity contribution in [1.29, 1.82) is 0 Å². The molecule has 2 fully saturated rings. The summed E-state index contributed by atoms with van der Waals surface area (Å²) in [7, 11) is 0. The van der Waals surface area contributed by atoms with E-state index < -0.39 is 5.60 Å². The molecule has 2 aromatic rings. The van der Waals surface area contributed by atoms with E-state index in [4.69, 9.17) is 9.72 Å². The molecule has 8 heteroatoms. The second-order valence-electron chi connectivity index (χ2n) is 10.9. The predicted octanol–water partition coefficient (Wildman–Crippen LogP) is 4.13. The molecule has 0 saturated carbocycles. The second-order valence-corrected chi connectivity index (χ2v) is 10.9. The summed E-state index contributed by atoms with van der Waals surface area (Å²) >= 11 is 0. The molecule has 1 aromatic heterocycles. The lowest BCUT2D eigenvalue weighted by molar-refractivity contribution is -0.00375. The minimum Gasteiger partial charge on any atom is -0.444 e. The second kappa shape index (κ2) is 9.64. The molecule has 4 heterocycles. The van der Waals surface area contributed by atoms with Crippen molar-refractivity contribution in [3.05, 3.63) is 54.0 Å². The third kappa shape index (κ3) is 5.37. The third-order valence-electron chi connectivity index (χ3n) is 7.20. The van der Waals surface area contributed by atoms with Gasteiger partial charge in [0.1, 0.15) is 11.4 Å². The van der Waals surface area contributed by atoms with Gasteiger partial charge in [0.25, 0.3) is 0 Å². The van der Waals surface area contributed by atoms with E-state index in [1.165, 1.54) is 12.1 Å². The van der Waals surface area contributed by atoms with Crippen molar-refractivity contribution in [1.82, 2.24) is 14.8 Å². The Kier molecular flexibility index (Phi) is 6.57. The number of rotatable bonds is 4. The van der Waals surface area contributed by atoms with Gasteiger partial charge in [0, 0.05) is 58.1 Å². The van der Waals surface area contributed by atoms with Gasteiger partial charge in [-0.3, -0.25) is 4.90 Å². The van der Waals surface area contributed by atoms with Crippen LogP contribution in [0, 0.1) is 5.82 Å². The number of benzene rings is 1. The molecule has 0 N–H and O–H groups in total. The minimum absolute atomic E-state index is 0.156. The average molecular weight is 482 g/mol. The summed E-state index contributed by atoms with van der Waals surface area (Å²) in [5.74, 6) is 0.849. The minimum atomic E-state index is -0.487. The molecule has 1 aromatic carbocycles. The highest BCUT2D eigenvalue weighted by molar-refractivity contribution is 5.71. The van der Waals surface area contributed by atoms with Gasteiger partial charge in [-0.1, -0.05) is 12.1 Å². The topological polar surface area (TPSA) is 52.2 Å². The quantitative estimate of drug-likeness (QED) is 0.655. The number of anilines is 2. The van der Waals surface area contributed by atoms with E-state index in [1.54, 1.807) is 0 Å². The first-order valence-electron chi connectivity index (χ1n) is 12.7. The molecular weight excluding hydrogens is 445 g/mol. The highest BCUT2D eigenvalue weighted by atomic mass is 19.1. The molecule has 2 atom stereocenters. The Hall–Kier alpha value is -2.87. The number of hydrogen-bond donors (Lipinski definition) is 0. The monoisotopic (exact) mass is 481 g/mol. The first-order valence-corrected chi connectivity index (χ1v) is 12.7. The smallest absolute Gasteiger partial charge is 0.410 e. The standard InChI is InChI=1S/C27H36FN5O2/c1-27(2,3)35-26(34)33-14-11-23(33)19-31-13-10-22-18-30(17-20-6-8-21(28)9-7-20)15-16-32(22)25-24(31)5-4-12-29-25/h4-9,12,22-23H,10-11,13-19H2,1-3H3/t22?,23-/m0/s1. The molecule has 0 radical (unpaired) electrons. The van der Waals surface area contributed by atoms with Crippen LogP contribution in [0.15, 0.2) is 42.6 Å². The van der Waals surface area contributed by atoms with Crippen molar-refractivity contribution >= 4 is 17.6 Å². The van der Waals surface area contributed by atoms with E-state index in [0.29, 0.717) is 6.04 Å². The SMILES string of the molecule is CC(C)(C)OC(=O)N1CC[C@H]1CN1CCC2CN(Cc3ccc(F)cc3)CCN2c2ncccc21. The molecule has 7 nitrogen and oxygen atoms in total. The number of aromatic nitrogens is 1. The molecule has 5 rings (SSSR count). The predicted molar refractivity (Wildman–Crippen MR) is 135 cm³/mol. The maximum absolute atomic E-state index is 13.3. The normalized spacial score (nSPS) is 22.7. The Bertz CT molecular complexity index is 1040. The van der Waals surface area contributed by atoms with Crippen molar-refractivity contribution in [3.8, 4) is 0 Å². The Morgan fingerprint density at radius 2 is 1.89 bits per heavy atom. The average Bonchev–Trinajstić information content (AvgIpc) is 2.94. The van der Waals surface area contributed by atoms with E-state index in [1.807, 2.05) is 50.1 Å². The number of amides is 1. The van der Waals surface area contributed by atoms with Gasteiger partial charge in [-0.2, -0.15) is 0 Å². The Labute approximate surface area is 207 Å². The number of fused-ring (bicyclic) bond motifs is 3. The summed E-state index contributed by atoms with van der Waals surface area (Å²) in [5, 5.41) is 0. The largest absolute Gasteiger partial charge is 0.444 e. The van der Waals surface area contributed by atoms with Crippen molar-refractivity contribution in [3.63, 3.8) is 0 Å². The zero-order valence-electron chi connectivity index (χ0n) is 21.0. The maximum Gasteiger partial charge on any atom is 0.410 e. The van der Waals surface area contributed by atoms with E-state index in [2.05, 4.69) is 20.8 Å². The summed E-state index contributed by atoms with van der Waals surface area (Å²) in [6.45, 7) is 11.8. The summed E-state index contributed by atoms with van der Waals surface area (Å²) in [4.78, 5) is 26.7. The van der Waals surface area contributed by atoms with Crippen LogP contribution in [0.4, 0.5) is 20.7 Å². The van der Waals surface area contributed by atoms with Crippen LogP contribution in [0.5, 0.6) is 0 Å². The van der Waals surface area contributed by atoms with Crippen LogP contribution < -0.4 is 9.80 Å². The van der Waals surface area contributed by atoms with Crippen LogP contribution in [0.2, 0.25) is 0 Å². The van der Waals surface area contributed by atoms with Crippen molar-refractivity contribution < 1.29 is 13.9 Å². The van der Waals surface area contributed by atoms with Gasteiger partial charge in [0.2, 0.25) is 0 Å². The van der Waals surface area contributed by atoms with Crippen LogP contribution in [-0.4, -0.2) is 77.8 Å². The summed E-state index contributed by atoms with van der Waals surface area (Å²) in [6, 6.07) is 11.5. The number of likely N-dealkylation sites (tertiary alicyclic amines) is 1. The maximum atomic E-state index is 13.3. The number of halogens is 1. The van der Waals surface area contributed by atoms with Crippen LogP contribution in [0.25, 0.3) is 0 Å². The molecule has 3 aliphatic rings. The van der Waals surface area contributed by atoms with Crippen molar-refractivity contribution in [2.45, 2.75) is 57.8 Å². The lowest BCUT2D eigenvalue weighted by atomic mass is 10.0. The fourth-order valence-corrected chi connectivity index (χ4v) is 5.35. The number of pyridine rings is 1. The van der Waals surface area contributed by atoms with Crippen LogP contribution >= 0.6 is 0 Å². The highest BCUT2D eigenvalue weighted by Crippen LogP contribution is 2.35. The van der Waals surface area contributed by atoms with Crippen molar-refractivity contribution in [2.24, 2.45) is 0 Å². The Balaban J connectivity index is 1.27. The number of carbonyl (C=O) groups is 1. The van der Waals surface area contributed by atoms with E-state index in [9.17, 15) is 9.18 Å². The zero-order chi connectivity index (χ0) is 24.6. The first-order chi connectivity index (χ1) is 16.8. The fourth-order valence-electron chi connectivity index (χ4n) is 5.35. The van der Waals surface area contributed by atoms with Crippen LogP contribution in [-0.2, 0) is 11.3 Å². The molecule has 0 aliphatic carbocycles. The van der Waals surface area contributed by atoms with Gasteiger partial charge in [-0.25, -0.2) is 14.2 Å². The Morgan fingerprint density at radius 1 is 1.09 bits per heavy atom. The van der Waals surface area contributed by atoms with Gasteiger partial charge >= 0.3 is 6.09 Å². The van der Waals surface area contributed by atoms with Gasteiger partial charge < -0.3 is 19.4 Å². The van der Waals surface area contributed by atoms with E-state index >= 15 is 0 Å². The van der Waals surface area contributed by atoms with Crippen molar-refractivity contribution in [2.75, 3.05) is 49.1 Å². The number of carbonyl (C=O) groups excluding carboxylic acids is 1. The number of piperazine rings is 1. The lowest BCUT2D eigenvalue weighted by Gasteiger charge is -2.44. The van der Waals surface area contributed by atoms with Gasteiger partial charge in [0.05, 0.1) is 11.7 Å². The van der Waals surface area contributed by atoms with Crippen LogP contribution in [0.1, 0.15) is 39.2 Å². The zero-order valence-corrected chi connectivity index (χ0v) is 21.0. The molecule has 1 amide bonds. The Morgan fingerprint density at radius 3 is 2.60 bits per heavy atom. The van der Waals surface area contributed by atoms with Crippen LogP contribution in [0.3, 0.4) is 0 Å². The summed E-state index contributed by atoms with van der Waals surface area (Å²) < 4.78 is 18.9. The molecule has 2 saturated heterocycles. The number of nitrogens with zero attached hydrogens (tertiary/aromatic N) is 5. The molecule has 0 bridgehead atoms. The van der Waals surface area contributed by atoms with Gasteiger partial charge in [-0.05, 0) is 63.4 Å². The number of ether oxygens (including phenoxy) is 1. The third-order valence-corrected chi connectivity index (χ3v) is 7.20. The van der Waals surface area contributed by atoms with E-state index in [-0.39, 0.29) is 18.0 Å².